The maximum absolute atomic E-state index is 11.8. The maximum Gasteiger partial charge on any atom is 0.335 e. The molecule has 0 aliphatic heterocycles. The van der Waals surface area contributed by atoms with Crippen molar-refractivity contribution in [1.29, 1.82) is 0 Å². The van der Waals surface area contributed by atoms with Crippen LogP contribution in [0.2, 0.25) is 10.0 Å². The van der Waals surface area contributed by atoms with Gasteiger partial charge in [-0.25, -0.2) is 10.2 Å². The van der Waals surface area contributed by atoms with Crippen molar-refractivity contribution < 1.29 is 23.8 Å². The van der Waals surface area contributed by atoms with E-state index in [1.54, 1.807) is 36.4 Å². The third-order valence-corrected chi connectivity index (χ3v) is 4.19. The van der Waals surface area contributed by atoms with E-state index in [-0.39, 0.29) is 12.2 Å². The van der Waals surface area contributed by atoms with Crippen LogP contribution in [0.3, 0.4) is 0 Å². The van der Waals surface area contributed by atoms with E-state index < -0.39 is 11.9 Å². The Hall–Kier alpha value is -3.29. The van der Waals surface area contributed by atoms with Crippen molar-refractivity contribution in [3.05, 3.63) is 76.0 Å². The summed E-state index contributed by atoms with van der Waals surface area (Å²) < 4.78 is 10.9. The number of hydrogen-bond donors (Lipinski definition) is 2. The molecule has 3 rings (SSSR count). The van der Waals surface area contributed by atoms with E-state index in [0.717, 1.165) is 0 Å². The Balaban J connectivity index is 1.55. The quantitative estimate of drug-likeness (QED) is 0.423. The van der Waals surface area contributed by atoms with Gasteiger partial charge in [-0.05, 0) is 42.5 Å². The molecule has 7 nitrogen and oxygen atoms in total. The lowest BCUT2D eigenvalue weighted by Gasteiger charge is -2.06. The molecule has 29 heavy (non-hydrogen) atoms. The number of aromatic carboxylic acids is 1. The number of hydrazone groups is 1. The zero-order valence-electron chi connectivity index (χ0n) is 14.8. The second kappa shape index (κ2) is 9.27. The molecule has 0 atom stereocenters. The number of nitrogens with one attached hydrogen (secondary N) is 1. The van der Waals surface area contributed by atoms with Gasteiger partial charge in [0.05, 0.1) is 16.8 Å². The van der Waals surface area contributed by atoms with Crippen LogP contribution in [0.15, 0.2) is 64.1 Å². The summed E-state index contributed by atoms with van der Waals surface area (Å²) in [6, 6.07) is 14.3. The summed E-state index contributed by atoms with van der Waals surface area (Å²) in [6.07, 6.45) is 1.32. The summed E-state index contributed by atoms with van der Waals surface area (Å²) in [5.41, 5.74) is 3.07. The predicted molar refractivity (Wildman–Crippen MR) is 109 cm³/mol. The van der Waals surface area contributed by atoms with Crippen LogP contribution in [0.5, 0.6) is 5.75 Å². The number of carboxylic acids is 1. The Morgan fingerprint density at radius 3 is 2.72 bits per heavy atom. The lowest BCUT2D eigenvalue weighted by atomic mass is 10.1. The Morgan fingerprint density at radius 2 is 1.97 bits per heavy atom. The molecule has 3 aromatic rings. The Bertz CT molecular complexity index is 1080. The molecule has 0 radical (unpaired) electrons. The minimum absolute atomic E-state index is 0.155. The topological polar surface area (TPSA) is 101 Å². The van der Waals surface area contributed by atoms with Crippen LogP contribution in [-0.2, 0) is 4.79 Å². The van der Waals surface area contributed by atoms with Gasteiger partial charge in [0.1, 0.15) is 17.3 Å². The molecule has 148 valence electrons. The number of furan rings is 1. The summed E-state index contributed by atoms with van der Waals surface area (Å²) in [6.45, 7) is -0.288. The van der Waals surface area contributed by atoms with E-state index in [2.05, 4.69) is 10.5 Å². The van der Waals surface area contributed by atoms with Crippen LogP contribution in [-0.4, -0.2) is 29.8 Å². The van der Waals surface area contributed by atoms with Crippen LogP contribution in [0.4, 0.5) is 0 Å². The molecule has 0 fully saturated rings. The number of nitrogens with zero attached hydrogens (tertiary/aromatic N) is 1. The monoisotopic (exact) mass is 432 g/mol. The number of ether oxygens (including phenoxy) is 1. The van der Waals surface area contributed by atoms with Crippen molar-refractivity contribution in [1.82, 2.24) is 5.43 Å². The largest absolute Gasteiger partial charge is 0.482 e. The fourth-order valence-corrected chi connectivity index (χ4v) is 2.78. The Labute approximate surface area is 175 Å². The second-order valence-corrected chi connectivity index (χ2v) is 6.59. The van der Waals surface area contributed by atoms with E-state index in [9.17, 15) is 9.59 Å². The molecule has 9 heteroatoms. The highest BCUT2D eigenvalue weighted by Gasteiger charge is 2.08. The molecule has 2 aromatic carbocycles. The van der Waals surface area contributed by atoms with Crippen molar-refractivity contribution in [2.45, 2.75) is 0 Å². The fraction of sp³-hybridized carbons (Fsp3) is 0.0500. The summed E-state index contributed by atoms with van der Waals surface area (Å²) in [5.74, 6) is -0.336. The van der Waals surface area contributed by atoms with Gasteiger partial charge in [-0.2, -0.15) is 5.10 Å². The standard InChI is InChI=1S/C20H14Cl2N2O5/c21-14-4-6-18(16(22)9-14)28-11-19(25)24-23-10-15-5-7-17(29-15)12-2-1-3-13(8-12)20(26)27/h1-10H,11H2,(H,24,25)(H,26,27)/b23-10+. The number of carbonyl (C=O) groups excluding carboxylic acids is 1. The molecule has 2 N–H and O–H groups in total. The number of carbonyl (C=O) groups is 2. The van der Waals surface area contributed by atoms with E-state index >= 15 is 0 Å². The number of hydrogen-bond acceptors (Lipinski definition) is 5. The summed E-state index contributed by atoms with van der Waals surface area (Å²) >= 11 is 11.8. The summed E-state index contributed by atoms with van der Waals surface area (Å²) in [7, 11) is 0. The highest BCUT2D eigenvalue weighted by atomic mass is 35.5. The molecule has 1 amide bonds. The molecule has 0 bridgehead atoms. The van der Waals surface area contributed by atoms with Gasteiger partial charge in [0.2, 0.25) is 0 Å². The molecular weight excluding hydrogens is 419 g/mol. The SMILES string of the molecule is O=C(COc1ccc(Cl)cc1Cl)N/N=C/c1ccc(-c2cccc(C(=O)O)c2)o1. The average Bonchev–Trinajstić information content (AvgIpc) is 3.16. The first-order chi connectivity index (χ1) is 13.9. The molecule has 1 heterocycles. The zero-order valence-corrected chi connectivity index (χ0v) is 16.3. The normalized spacial score (nSPS) is 10.8. The minimum atomic E-state index is -1.02. The average molecular weight is 433 g/mol. The van der Waals surface area contributed by atoms with E-state index in [4.69, 9.17) is 37.5 Å². The van der Waals surface area contributed by atoms with Crippen LogP contribution >= 0.6 is 23.2 Å². The molecule has 1 aromatic heterocycles. The van der Waals surface area contributed by atoms with Crippen LogP contribution in [0.1, 0.15) is 16.1 Å². The summed E-state index contributed by atoms with van der Waals surface area (Å²) in [4.78, 5) is 22.9. The van der Waals surface area contributed by atoms with Gasteiger partial charge in [-0.3, -0.25) is 4.79 Å². The number of carboxylic acid groups (broad SMARTS) is 1. The fourth-order valence-electron chi connectivity index (χ4n) is 2.32. The van der Waals surface area contributed by atoms with Crippen LogP contribution < -0.4 is 10.2 Å². The smallest absolute Gasteiger partial charge is 0.335 e. The van der Waals surface area contributed by atoms with Crippen molar-refractivity contribution >= 4 is 41.3 Å². The zero-order chi connectivity index (χ0) is 20.8. The number of benzene rings is 2. The third kappa shape index (κ3) is 5.60. The van der Waals surface area contributed by atoms with Crippen LogP contribution in [0, 0.1) is 0 Å². The van der Waals surface area contributed by atoms with Crippen molar-refractivity contribution in [3.63, 3.8) is 0 Å². The number of halogens is 2. The van der Waals surface area contributed by atoms with Crippen LogP contribution in [0.25, 0.3) is 11.3 Å². The van der Waals surface area contributed by atoms with Gasteiger partial charge >= 0.3 is 5.97 Å². The molecule has 0 spiro atoms. The van der Waals surface area contributed by atoms with Crippen molar-refractivity contribution in [2.75, 3.05) is 6.61 Å². The minimum Gasteiger partial charge on any atom is -0.482 e. The number of rotatable bonds is 7. The number of amides is 1. The Kier molecular flexibility index (Phi) is 6.54. The third-order valence-electron chi connectivity index (χ3n) is 3.65. The highest BCUT2D eigenvalue weighted by Crippen LogP contribution is 2.27. The predicted octanol–water partition coefficient (Wildman–Crippen LogP) is 4.48. The van der Waals surface area contributed by atoms with Gasteiger partial charge < -0.3 is 14.3 Å². The first-order valence-electron chi connectivity index (χ1n) is 8.25. The van der Waals surface area contributed by atoms with E-state index in [0.29, 0.717) is 32.9 Å². The molecule has 0 aliphatic rings. The lowest BCUT2D eigenvalue weighted by molar-refractivity contribution is -0.123. The maximum atomic E-state index is 11.8. The Morgan fingerprint density at radius 1 is 1.14 bits per heavy atom. The lowest BCUT2D eigenvalue weighted by Crippen LogP contribution is -2.24. The second-order valence-electron chi connectivity index (χ2n) is 5.74. The highest BCUT2D eigenvalue weighted by molar-refractivity contribution is 6.35. The molecule has 0 unspecified atom stereocenters. The van der Waals surface area contributed by atoms with E-state index in [1.807, 2.05) is 0 Å². The molecule has 0 aliphatic carbocycles. The van der Waals surface area contributed by atoms with Gasteiger partial charge in [-0.1, -0.05) is 35.3 Å². The molecular formula is C20H14Cl2N2O5. The van der Waals surface area contributed by atoms with Crippen molar-refractivity contribution in [2.24, 2.45) is 5.10 Å². The molecule has 0 saturated heterocycles. The first kappa shape index (κ1) is 20.4. The first-order valence-corrected chi connectivity index (χ1v) is 9.01. The van der Waals surface area contributed by atoms with Gasteiger partial charge in [-0.15, -0.1) is 0 Å². The van der Waals surface area contributed by atoms with Gasteiger partial charge in [0.25, 0.3) is 5.91 Å². The summed E-state index contributed by atoms with van der Waals surface area (Å²) in [5, 5.41) is 13.6. The molecule has 0 saturated carbocycles. The van der Waals surface area contributed by atoms with Gasteiger partial charge in [0, 0.05) is 10.6 Å². The van der Waals surface area contributed by atoms with Gasteiger partial charge in [0.15, 0.2) is 6.61 Å². The van der Waals surface area contributed by atoms with E-state index in [1.165, 1.54) is 24.4 Å². The van der Waals surface area contributed by atoms with Crippen molar-refractivity contribution in [3.8, 4) is 17.1 Å².